The molecule has 0 aromatic rings. The van der Waals surface area contributed by atoms with Crippen LogP contribution in [0.4, 0.5) is 0 Å². The average molecular weight is 1400 g/mol. The standard InChI is InChI=1S/C31H76O6Si6.C29H72O6Si6/c1-27(29(3)42(17,34-38(5,6)7)35-39(8,9)10)21-19-23-31(25-32,26-33)24-20-22-28(2)30(4)43(18,36-40(11,12)13)37-41(14,15)16;1-25(27(3)40(17,32-36(5,6)7)33-37(8,9)10)19-21-29(23-30,24-31)22-20-26(2)28(4)41(18,34-38(11,12)13)35-39(14,15)16/h27-30,32-33H,19-26H2,1-18H3;25-28,30-31H,19-24H2,1-18H3. The van der Waals surface area contributed by atoms with Gasteiger partial charge in [-0.15, -0.1) is 0 Å². The molecule has 0 radical (unpaired) electrons. The average Bonchev–Trinajstić information content (AvgIpc) is 3.25. The van der Waals surface area contributed by atoms with E-state index < -0.39 is 112 Å². The van der Waals surface area contributed by atoms with Crippen LogP contribution in [-0.4, -0.2) is 148 Å². The van der Waals surface area contributed by atoms with Gasteiger partial charge in [-0.25, -0.2) is 0 Å². The maximum atomic E-state index is 10.6. The Bertz CT molecular complexity index is 1640. The fourth-order valence-electron chi connectivity index (χ4n) is 12.4. The van der Waals surface area contributed by atoms with Gasteiger partial charge in [-0.3, -0.25) is 0 Å². The molecule has 0 rings (SSSR count). The molecular formula is C60H148O12Si12. The van der Waals surface area contributed by atoms with Crippen molar-refractivity contribution in [1.82, 2.24) is 0 Å². The molecule has 0 saturated carbocycles. The van der Waals surface area contributed by atoms with E-state index in [1.165, 1.54) is 0 Å². The summed E-state index contributed by atoms with van der Waals surface area (Å²) < 4.78 is 54.8. The largest absolute Gasteiger partial charge is 0.436 e. The first-order valence-electron chi connectivity index (χ1n) is 33.1. The molecule has 0 aromatic heterocycles. The number of aliphatic hydroxyl groups is 4. The minimum Gasteiger partial charge on any atom is -0.436 e. The highest BCUT2D eigenvalue weighted by Gasteiger charge is 2.51. The van der Waals surface area contributed by atoms with Gasteiger partial charge in [-0.05, 0) is 246 Å². The van der Waals surface area contributed by atoms with E-state index in [1.54, 1.807) is 0 Å². The summed E-state index contributed by atoms with van der Waals surface area (Å²) in [5.74, 6) is 1.67. The zero-order valence-electron chi connectivity index (χ0n) is 62.6. The lowest BCUT2D eigenvalue weighted by Crippen LogP contribution is -2.56. The number of hydrogen-bond donors (Lipinski definition) is 4. The normalized spacial score (nSPS) is 17.7. The number of rotatable bonds is 42. The van der Waals surface area contributed by atoms with E-state index in [0.29, 0.717) is 45.8 Å². The van der Waals surface area contributed by atoms with Gasteiger partial charge in [0.15, 0.2) is 66.5 Å². The molecule has 0 aliphatic rings. The minimum absolute atomic E-state index is 0.00269. The SMILES string of the molecule is CC(CCC(CO)(CO)CCC(C)C(C)[Si](C)(O[Si](C)(C)C)O[Si](C)(C)C)C(C)[Si](C)(O[Si](C)(C)C)O[Si](C)(C)C.CC(CCCC(CO)(CO)CCCC(C)C(C)[Si](C)(O[Si](C)(C)C)O[Si](C)(C)C)C(C)[Si](C)(O[Si](C)(C)C)O[Si](C)(C)C. The smallest absolute Gasteiger partial charge is 0.317 e. The lowest BCUT2D eigenvalue weighted by molar-refractivity contribution is 0.0293. The molecule has 0 heterocycles. The highest BCUT2D eigenvalue weighted by atomic mass is 28.5. The Morgan fingerprint density at radius 1 is 0.238 bits per heavy atom. The Kier molecular flexibility index (Phi) is 36.2. The van der Waals surface area contributed by atoms with Gasteiger partial charge >= 0.3 is 34.2 Å². The second-order valence-electron chi connectivity index (χ2n) is 35.3. The molecule has 0 saturated heterocycles. The first-order chi connectivity index (χ1) is 37.1. The third kappa shape index (κ3) is 35.4. The summed E-state index contributed by atoms with van der Waals surface area (Å²) in [5, 5.41) is 42.2. The molecule has 0 amide bonds. The van der Waals surface area contributed by atoms with E-state index in [1.807, 2.05) is 0 Å². The van der Waals surface area contributed by atoms with Gasteiger partial charge in [0, 0.05) is 33.0 Å². The van der Waals surface area contributed by atoms with Crippen molar-refractivity contribution in [3.63, 3.8) is 0 Å². The van der Waals surface area contributed by atoms with Gasteiger partial charge < -0.3 is 53.3 Å². The third-order valence-corrected chi connectivity index (χ3v) is 58.6. The topological polar surface area (TPSA) is 155 Å². The van der Waals surface area contributed by atoms with Crippen LogP contribution in [-0.2, 0) is 32.9 Å². The zero-order valence-corrected chi connectivity index (χ0v) is 74.6. The molecule has 0 spiro atoms. The molecule has 24 heteroatoms. The quantitative estimate of drug-likeness (QED) is 0.0430. The fourth-order valence-corrected chi connectivity index (χ4v) is 64.2. The summed E-state index contributed by atoms with van der Waals surface area (Å²) in [7, 11) is -23.8. The van der Waals surface area contributed by atoms with Gasteiger partial charge in [-0.1, -0.05) is 81.1 Å². The number of aliphatic hydroxyl groups excluding tert-OH is 4. The van der Waals surface area contributed by atoms with Crippen LogP contribution in [0.2, 0.25) is 205 Å². The second kappa shape index (κ2) is 34.5. The van der Waals surface area contributed by atoms with Crippen LogP contribution < -0.4 is 0 Å². The van der Waals surface area contributed by atoms with Crippen molar-refractivity contribution in [3.8, 4) is 0 Å². The molecule has 508 valence electrons. The Balaban J connectivity index is 0. The molecule has 0 fully saturated rings. The highest BCUT2D eigenvalue weighted by molar-refractivity contribution is 6.91. The van der Waals surface area contributed by atoms with Crippen LogP contribution in [0.15, 0.2) is 0 Å². The van der Waals surface area contributed by atoms with Crippen molar-refractivity contribution in [2.75, 3.05) is 26.4 Å². The van der Waals surface area contributed by atoms with Gasteiger partial charge in [0.25, 0.3) is 0 Å². The predicted molar refractivity (Wildman–Crippen MR) is 396 cm³/mol. The molecular weight excluding hydrogens is 1250 g/mol. The summed E-state index contributed by atoms with van der Waals surface area (Å²) in [6.07, 6.45) is 9.21. The van der Waals surface area contributed by atoms with Crippen LogP contribution >= 0.6 is 0 Å². The van der Waals surface area contributed by atoms with Crippen LogP contribution in [0.3, 0.4) is 0 Å². The Hall–Kier alpha value is 2.12. The predicted octanol–water partition coefficient (Wildman–Crippen LogP) is 19.0. The van der Waals surface area contributed by atoms with Crippen molar-refractivity contribution < 1.29 is 53.3 Å². The van der Waals surface area contributed by atoms with Crippen molar-refractivity contribution in [3.05, 3.63) is 0 Å². The van der Waals surface area contributed by atoms with Crippen LogP contribution in [0.5, 0.6) is 0 Å². The molecule has 0 aliphatic heterocycles. The fraction of sp³-hybridized carbons (Fsp3) is 1.00. The van der Waals surface area contributed by atoms with E-state index in [0.717, 1.165) is 64.2 Å². The molecule has 8 atom stereocenters. The van der Waals surface area contributed by atoms with E-state index >= 15 is 0 Å². The van der Waals surface area contributed by atoms with E-state index in [2.05, 4.69) is 239 Å². The first-order valence-corrected chi connectivity index (χ1v) is 69.9. The third-order valence-electron chi connectivity index (χ3n) is 17.1. The molecule has 8 unspecified atom stereocenters. The molecule has 4 N–H and O–H groups in total. The van der Waals surface area contributed by atoms with E-state index in [4.69, 9.17) is 32.9 Å². The summed E-state index contributed by atoms with van der Waals surface area (Å²) in [5.41, 5.74) is 0.470. The molecule has 12 nitrogen and oxygen atoms in total. The molecule has 0 aromatic carbocycles. The number of hydrogen-bond acceptors (Lipinski definition) is 12. The maximum Gasteiger partial charge on any atom is 0.317 e. The monoisotopic (exact) mass is 1400 g/mol. The molecule has 0 aliphatic carbocycles. The van der Waals surface area contributed by atoms with Crippen LogP contribution in [0.1, 0.15) is 120 Å². The Morgan fingerprint density at radius 3 is 0.524 bits per heavy atom. The van der Waals surface area contributed by atoms with Crippen LogP contribution in [0.25, 0.3) is 0 Å². The highest BCUT2D eigenvalue weighted by Crippen LogP contribution is 2.45. The lowest BCUT2D eigenvalue weighted by Gasteiger charge is -2.45. The Morgan fingerprint density at radius 2 is 0.381 bits per heavy atom. The first kappa shape index (κ1) is 88.2. The van der Waals surface area contributed by atoms with Gasteiger partial charge in [-0.2, -0.15) is 0 Å². The van der Waals surface area contributed by atoms with E-state index in [9.17, 15) is 20.4 Å². The van der Waals surface area contributed by atoms with Crippen molar-refractivity contribution in [2.24, 2.45) is 34.5 Å². The van der Waals surface area contributed by atoms with E-state index in [-0.39, 0.29) is 26.4 Å². The summed E-state index contributed by atoms with van der Waals surface area (Å²) >= 11 is 0. The van der Waals surface area contributed by atoms with Crippen molar-refractivity contribution in [2.45, 2.75) is 325 Å². The minimum atomic E-state index is -2.43. The second-order valence-corrected chi connectivity index (χ2v) is 87.4. The summed E-state index contributed by atoms with van der Waals surface area (Å²) in [4.78, 5) is 0. The summed E-state index contributed by atoms with van der Waals surface area (Å²) in [6.45, 7) is 82.0. The van der Waals surface area contributed by atoms with Crippen molar-refractivity contribution >= 4 is 101 Å². The molecule has 0 bridgehead atoms. The zero-order chi connectivity index (χ0) is 67.2. The molecule has 84 heavy (non-hydrogen) atoms. The maximum absolute atomic E-state index is 10.6. The lowest BCUT2D eigenvalue weighted by atomic mass is 9.76. The summed E-state index contributed by atoms with van der Waals surface area (Å²) in [6, 6.07) is 0. The van der Waals surface area contributed by atoms with Gasteiger partial charge in [0.1, 0.15) is 0 Å². The van der Waals surface area contributed by atoms with Gasteiger partial charge in [0.2, 0.25) is 0 Å². The Labute approximate surface area is 536 Å². The van der Waals surface area contributed by atoms with Crippen LogP contribution in [0, 0.1) is 34.5 Å². The van der Waals surface area contributed by atoms with Crippen molar-refractivity contribution in [1.29, 1.82) is 0 Å². The van der Waals surface area contributed by atoms with Gasteiger partial charge in [0.05, 0.1) is 26.4 Å².